The molecule has 0 aliphatic carbocycles. The van der Waals surface area contributed by atoms with Crippen LogP contribution in [0.4, 0.5) is 0 Å². The summed E-state index contributed by atoms with van der Waals surface area (Å²) >= 11 is 0. The van der Waals surface area contributed by atoms with Crippen LogP contribution in [0.2, 0.25) is 0 Å². The molecule has 4 heteroatoms. The van der Waals surface area contributed by atoms with E-state index in [1.165, 1.54) is 6.39 Å². The van der Waals surface area contributed by atoms with Crippen molar-refractivity contribution in [1.29, 1.82) is 0 Å². The minimum atomic E-state index is -0.374. The van der Waals surface area contributed by atoms with Crippen molar-refractivity contribution >= 4 is 21.8 Å². The third kappa shape index (κ3) is 1.13. The first kappa shape index (κ1) is 9.03. The van der Waals surface area contributed by atoms with Crippen molar-refractivity contribution in [3.05, 3.63) is 46.8 Å². The molecule has 0 bridgehead atoms. The molecule has 0 radical (unpaired) electrons. The number of fused-ring (bicyclic) bond motifs is 2. The van der Waals surface area contributed by atoms with Crippen LogP contribution in [-0.2, 0) is 0 Å². The van der Waals surface area contributed by atoms with E-state index in [9.17, 15) is 4.79 Å². The van der Waals surface area contributed by atoms with Crippen LogP contribution in [0.15, 0.2) is 40.0 Å². The van der Waals surface area contributed by atoms with E-state index < -0.39 is 0 Å². The molecular formula is C12H8N2O2. The predicted octanol–water partition coefficient (Wildman–Crippen LogP) is 2.04. The molecule has 16 heavy (non-hydrogen) atoms. The molecule has 4 nitrogen and oxygen atoms in total. The van der Waals surface area contributed by atoms with Crippen LogP contribution >= 0.6 is 0 Å². The lowest BCUT2D eigenvalue weighted by atomic mass is 10.1. The average molecular weight is 212 g/mol. The summed E-state index contributed by atoms with van der Waals surface area (Å²) in [5, 5.41) is 1.49. The smallest absolute Gasteiger partial charge is 0.346 e. The minimum absolute atomic E-state index is 0.374. The molecule has 0 aliphatic heterocycles. The third-order valence-electron chi connectivity index (χ3n) is 2.70. The van der Waals surface area contributed by atoms with E-state index in [1.54, 1.807) is 12.3 Å². The maximum atomic E-state index is 11.5. The zero-order valence-corrected chi connectivity index (χ0v) is 8.60. The Labute approximate surface area is 90.6 Å². The number of aromatic nitrogens is 2. The van der Waals surface area contributed by atoms with Crippen molar-refractivity contribution in [1.82, 2.24) is 9.97 Å². The van der Waals surface area contributed by atoms with Gasteiger partial charge in [0.05, 0.1) is 16.4 Å². The molecular weight excluding hydrogens is 204 g/mol. The van der Waals surface area contributed by atoms with Crippen molar-refractivity contribution in [2.24, 2.45) is 0 Å². The van der Waals surface area contributed by atoms with Crippen molar-refractivity contribution in [3.63, 3.8) is 0 Å². The molecule has 0 atom stereocenters. The zero-order chi connectivity index (χ0) is 11.1. The number of rotatable bonds is 0. The van der Waals surface area contributed by atoms with Gasteiger partial charge >= 0.3 is 5.63 Å². The van der Waals surface area contributed by atoms with Crippen LogP contribution in [0.3, 0.4) is 0 Å². The number of hydrogen-bond donors (Lipinski definition) is 0. The first-order chi connectivity index (χ1) is 7.77. The number of hydrogen-bond acceptors (Lipinski definition) is 4. The van der Waals surface area contributed by atoms with Gasteiger partial charge in [0.15, 0.2) is 6.39 Å². The van der Waals surface area contributed by atoms with Gasteiger partial charge in [-0.25, -0.2) is 9.78 Å². The monoisotopic (exact) mass is 212 g/mol. The van der Waals surface area contributed by atoms with Gasteiger partial charge in [-0.15, -0.1) is 0 Å². The molecule has 0 fully saturated rings. The molecule has 2 heterocycles. The fraction of sp³-hybridized carbons (Fsp3) is 0.0833. The largest absolute Gasteiger partial charge is 0.411 e. The molecule has 2 aromatic heterocycles. The van der Waals surface area contributed by atoms with Gasteiger partial charge in [-0.3, -0.25) is 4.98 Å². The number of benzene rings is 1. The number of aryl methyl sites for hydroxylation is 1. The fourth-order valence-electron chi connectivity index (χ4n) is 1.90. The summed E-state index contributed by atoms with van der Waals surface area (Å²) in [7, 11) is 0. The predicted molar refractivity (Wildman–Crippen MR) is 60.3 cm³/mol. The first-order valence-corrected chi connectivity index (χ1v) is 4.89. The molecule has 0 amide bonds. The Morgan fingerprint density at radius 3 is 3.00 bits per heavy atom. The lowest BCUT2D eigenvalue weighted by molar-refractivity contribution is 0.501. The van der Waals surface area contributed by atoms with Crippen molar-refractivity contribution in [2.45, 2.75) is 6.92 Å². The Bertz CT molecular complexity index is 747. The molecule has 0 saturated heterocycles. The van der Waals surface area contributed by atoms with Crippen molar-refractivity contribution < 1.29 is 4.42 Å². The molecule has 1 aromatic carbocycles. The molecule has 0 N–H and O–H groups in total. The standard InChI is InChI=1S/C12H8N2O2/c1-7-8-3-2-4-13-10(8)5-9-11(7)14-6-16-12(9)15/h2-6H,1H3. The van der Waals surface area contributed by atoms with Crippen LogP contribution in [-0.4, -0.2) is 9.97 Å². The summed E-state index contributed by atoms with van der Waals surface area (Å²) in [5.41, 5.74) is 2.04. The van der Waals surface area contributed by atoms with Crippen LogP contribution in [0.5, 0.6) is 0 Å². The van der Waals surface area contributed by atoms with Gasteiger partial charge in [-0.05, 0) is 24.6 Å². The van der Waals surface area contributed by atoms with Gasteiger partial charge in [0.1, 0.15) is 0 Å². The lowest BCUT2D eigenvalue weighted by Gasteiger charge is -2.03. The van der Waals surface area contributed by atoms with E-state index >= 15 is 0 Å². The molecule has 0 saturated carbocycles. The number of nitrogens with zero attached hydrogens (tertiary/aromatic N) is 2. The highest BCUT2D eigenvalue weighted by atomic mass is 16.4. The van der Waals surface area contributed by atoms with E-state index in [2.05, 4.69) is 9.97 Å². The second-order valence-electron chi connectivity index (χ2n) is 3.61. The average Bonchev–Trinajstić information content (AvgIpc) is 2.31. The normalized spacial score (nSPS) is 11.1. The van der Waals surface area contributed by atoms with Crippen molar-refractivity contribution in [3.8, 4) is 0 Å². The Balaban J connectivity index is 2.66. The van der Waals surface area contributed by atoms with Crippen LogP contribution in [0.25, 0.3) is 21.8 Å². The van der Waals surface area contributed by atoms with Crippen LogP contribution < -0.4 is 5.63 Å². The Morgan fingerprint density at radius 2 is 2.12 bits per heavy atom. The van der Waals surface area contributed by atoms with E-state index in [4.69, 9.17) is 4.42 Å². The maximum Gasteiger partial charge on any atom is 0.346 e. The summed E-state index contributed by atoms with van der Waals surface area (Å²) in [4.78, 5) is 19.9. The molecule has 78 valence electrons. The zero-order valence-electron chi connectivity index (χ0n) is 8.60. The highest BCUT2D eigenvalue weighted by Gasteiger charge is 2.08. The maximum absolute atomic E-state index is 11.5. The Kier molecular flexibility index (Phi) is 1.77. The Hall–Kier alpha value is -2.23. The van der Waals surface area contributed by atoms with Gasteiger partial charge in [-0.2, -0.15) is 0 Å². The van der Waals surface area contributed by atoms with Gasteiger partial charge in [0, 0.05) is 11.6 Å². The summed E-state index contributed by atoms with van der Waals surface area (Å²) < 4.78 is 4.75. The fourth-order valence-corrected chi connectivity index (χ4v) is 1.90. The van der Waals surface area contributed by atoms with E-state index in [-0.39, 0.29) is 5.63 Å². The third-order valence-corrected chi connectivity index (χ3v) is 2.70. The van der Waals surface area contributed by atoms with E-state index in [1.807, 2.05) is 19.1 Å². The van der Waals surface area contributed by atoms with E-state index in [0.29, 0.717) is 10.9 Å². The SMILES string of the molecule is Cc1c2cccnc2cc2c(=O)ocnc12. The van der Waals surface area contributed by atoms with Gasteiger partial charge in [-0.1, -0.05) is 6.07 Å². The van der Waals surface area contributed by atoms with Gasteiger partial charge < -0.3 is 4.42 Å². The van der Waals surface area contributed by atoms with Crippen molar-refractivity contribution in [2.75, 3.05) is 0 Å². The Morgan fingerprint density at radius 1 is 1.25 bits per heavy atom. The number of pyridine rings is 1. The summed E-state index contributed by atoms with van der Waals surface area (Å²) in [6, 6.07) is 5.55. The molecule has 0 unspecified atom stereocenters. The second-order valence-corrected chi connectivity index (χ2v) is 3.61. The first-order valence-electron chi connectivity index (χ1n) is 4.89. The summed E-state index contributed by atoms with van der Waals surface area (Å²) in [6.45, 7) is 1.93. The molecule has 0 spiro atoms. The lowest BCUT2D eigenvalue weighted by Crippen LogP contribution is -2.01. The molecule has 3 rings (SSSR count). The van der Waals surface area contributed by atoms with Crippen LogP contribution in [0, 0.1) is 6.92 Å². The quantitative estimate of drug-likeness (QED) is 0.535. The van der Waals surface area contributed by atoms with Gasteiger partial charge in [0.2, 0.25) is 0 Å². The van der Waals surface area contributed by atoms with E-state index in [0.717, 1.165) is 16.5 Å². The highest BCUT2D eigenvalue weighted by molar-refractivity contribution is 5.97. The molecule has 0 aliphatic rings. The topological polar surface area (TPSA) is 56.0 Å². The molecule has 3 aromatic rings. The summed E-state index contributed by atoms with van der Waals surface area (Å²) in [5.74, 6) is 0. The highest BCUT2D eigenvalue weighted by Crippen LogP contribution is 2.22. The van der Waals surface area contributed by atoms with Crippen LogP contribution in [0.1, 0.15) is 5.56 Å². The second kappa shape index (κ2) is 3.13. The van der Waals surface area contributed by atoms with Gasteiger partial charge in [0.25, 0.3) is 0 Å². The minimum Gasteiger partial charge on any atom is -0.411 e. The summed E-state index contributed by atoms with van der Waals surface area (Å²) in [6.07, 6.45) is 2.88.